The molecule has 0 bridgehead atoms. The summed E-state index contributed by atoms with van der Waals surface area (Å²) < 4.78 is 30.1. The standard InChI is InChI=1S/C9H15F2NO2/c1-2-14-8(13)4-3-7-5-9(10,11)6-12-7/h7,12H,2-6H2,1H3/t7-/m1/s1. The lowest BCUT2D eigenvalue weighted by Gasteiger charge is -2.09. The molecule has 5 heteroatoms. The lowest BCUT2D eigenvalue weighted by Crippen LogP contribution is -2.23. The Hall–Kier alpha value is -0.710. The fourth-order valence-corrected chi connectivity index (χ4v) is 1.53. The average Bonchev–Trinajstić information content (AvgIpc) is 2.43. The summed E-state index contributed by atoms with van der Waals surface area (Å²) in [6.07, 6.45) is 0.461. The van der Waals surface area contributed by atoms with Gasteiger partial charge in [-0.2, -0.15) is 0 Å². The molecule has 0 radical (unpaired) electrons. The first-order valence-corrected chi connectivity index (χ1v) is 4.80. The van der Waals surface area contributed by atoms with Crippen LogP contribution in [-0.2, 0) is 9.53 Å². The molecule has 1 N–H and O–H groups in total. The number of ether oxygens (including phenoxy) is 1. The maximum Gasteiger partial charge on any atom is 0.305 e. The summed E-state index contributed by atoms with van der Waals surface area (Å²) in [5.74, 6) is -2.93. The van der Waals surface area contributed by atoms with Crippen LogP contribution in [0.5, 0.6) is 0 Å². The zero-order valence-electron chi connectivity index (χ0n) is 8.19. The van der Waals surface area contributed by atoms with Gasteiger partial charge >= 0.3 is 5.97 Å². The van der Waals surface area contributed by atoms with Gasteiger partial charge in [0.1, 0.15) is 0 Å². The number of esters is 1. The largest absolute Gasteiger partial charge is 0.466 e. The van der Waals surface area contributed by atoms with E-state index in [1.165, 1.54) is 0 Å². The highest BCUT2D eigenvalue weighted by Crippen LogP contribution is 2.26. The molecule has 0 aromatic rings. The van der Waals surface area contributed by atoms with E-state index in [4.69, 9.17) is 4.74 Å². The van der Waals surface area contributed by atoms with E-state index in [9.17, 15) is 13.6 Å². The van der Waals surface area contributed by atoms with E-state index in [1.807, 2.05) is 0 Å². The quantitative estimate of drug-likeness (QED) is 0.707. The average molecular weight is 207 g/mol. The van der Waals surface area contributed by atoms with Crippen LogP contribution in [0, 0.1) is 0 Å². The summed E-state index contributed by atoms with van der Waals surface area (Å²) in [5, 5.41) is 2.69. The SMILES string of the molecule is CCOC(=O)CC[C@@H]1CC(F)(F)CN1. The lowest BCUT2D eigenvalue weighted by atomic mass is 10.1. The minimum Gasteiger partial charge on any atom is -0.466 e. The Morgan fingerprint density at radius 3 is 2.86 bits per heavy atom. The van der Waals surface area contributed by atoms with Crippen molar-refractivity contribution < 1.29 is 18.3 Å². The molecule has 3 nitrogen and oxygen atoms in total. The Bertz CT molecular complexity index is 209. The van der Waals surface area contributed by atoms with E-state index >= 15 is 0 Å². The van der Waals surface area contributed by atoms with Gasteiger partial charge in [-0.3, -0.25) is 4.79 Å². The summed E-state index contributed by atoms with van der Waals surface area (Å²) in [7, 11) is 0. The van der Waals surface area contributed by atoms with E-state index in [0.717, 1.165) is 0 Å². The third-order valence-electron chi connectivity index (χ3n) is 2.20. The normalized spacial score (nSPS) is 24.9. The van der Waals surface area contributed by atoms with Crippen LogP contribution in [0.15, 0.2) is 0 Å². The highest BCUT2D eigenvalue weighted by Gasteiger charge is 2.38. The van der Waals surface area contributed by atoms with Crippen LogP contribution in [0.2, 0.25) is 0 Å². The Morgan fingerprint density at radius 1 is 1.64 bits per heavy atom. The number of hydrogen-bond donors (Lipinski definition) is 1. The highest BCUT2D eigenvalue weighted by molar-refractivity contribution is 5.69. The minimum atomic E-state index is -2.61. The first-order valence-electron chi connectivity index (χ1n) is 4.80. The number of nitrogens with one attached hydrogen (secondary N) is 1. The highest BCUT2D eigenvalue weighted by atomic mass is 19.3. The molecule has 0 unspecified atom stereocenters. The van der Waals surface area contributed by atoms with E-state index in [0.29, 0.717) is 13.0 Å². The zero-order valence-corrected chi connectivity index (χ0v) is 8.19. The molecule has 0 amide bonds. The van der Waals surface area contributed by atoms with E-state index in [2.05, 4.69) is 5.32 Å². The van der Waals surface area contributed by atoms with Crippen molar-refractivity contribution in [3.05, 3.63) is 0 Å². The molecule has 14 heavy (non-hydrogen) atoms. The summed E-state index contributed by atoms with van der Waals surface area (Å²) >= 11 is 0. The van der Waals surface area contributed by atoms with Crippen molar-refractivity contribution in [2.24, 2.45) is 0 Å². The lowest BCUT2D eigenvalue weighted by molar-refractivity contribution is -0.143. The number of halogens is 2. The monoisotopic (exact) mass is 207 g/mol. The molecule has 1 rings (SSSR count). The number of rotatable bonds is 4. The van der Waals surface area contributed by atoms with Crippen molar-refractivity contribution in [1.82, 2.24) is 5.32 Å². The van der Waals surface area contributed by atoms with Gasteiger partial charge in [0.25, 0.3) is 5.92 Å². The predicted molar refractivity (Wildman–Crippen MR) is 47.2 cm³/mol. The second-order valence-electron chi connectivity index (χ2n) is 3.48. The van der Waals surface area contributed by atoms with Gasteiger partial charge in [-0.15, -0.1) is 0 Å². The summed E-state index contributed by atoms with van der Waals surface area (Å²) in [4.78, 5) is 10.9. The predicted octanol–water partition coefficient (Wildman–Crippen LogP) is 1.33. The maximum atomic E-state index is 12.7. The van der Waals surface area contributed by atoms with Crippen LogP contribution in [0.25, 0.3) is 0 Å². The molecule has 0 aromatic carbocycles. The molecule has 0 saturated carbocycles. The van der Waals surface area contributed by atoms with Crippen molar-refractivity contribution in [2.75, 3.05) is 13.2 Å². The van der Waals surface area contributed by atoms with Gasteiger partial charge in [0.15, 0.2) is 0 Å². The van der Waals surface area contributed by atoms with Crippen LogP contribution in [0.3, 0.4) is 0 Å². The van der Waals surface area contributed by atoms with Gasteiger partial charge in [-0.25, -0.2) is 8.78 Å². The second kappa shape index (κ2) is 4.68. The summed E-state index contributed by atoms with van der Waals surface area (Å²) in [6, 6.07) is -0.255. The third kappa shape index (κ3) is 3.57. The fraction of sp³-hybridized carbons (Fsp3) is 0.889. The third-order valence-corrected chi connectivity index (χ3v) is 2.20. The van der Waals surface area contributed by atoms with Gasteiger partial charge in [0, 0.05) is 18.9 Å². The zero-order chi connectivity index (χ0) is 10.6. The molecule has 1 saturated heterocycles. The molecular formula is C9H15F2NO2. The summed E-state index contributed by atoms with van der Waals surface area (Å²) in [6.45, 7) is 1.79. The topological polar surface area (TPSA) is 38.3 Å². The Kier molecular flexibility index (Phi) is 3.80. The van der Waals surface area contributed by atoms with Crippen LogP contribution in [0.4, 0.5) is 8.78 Å². The molecule has 1 aliphatic rings. The number of alkyl halides is 2. The second-order valence-corrected chi connectivity index (χ2v) is 3.48. The van der Waals surface area contributed by atoms with Crippen molar-refractivity contribution >= 4 is 5.97 Å². The molecular weight excluding hydrogens is 192 g/mol. The Morgan fingerprint density at radius 2 is 2.36 bits per heavy atom. The summed E-state index contributed by atoms with van der Waals surface area (Å²) in [5.41, 5.74) is 0. The molecule has 0 spiro atoms. The molecule has 0 aromatic heterocycles. The fourth-order valence-electron chi connectivity index (χ4n) is 1.53. The van der Waals surface area contributed by atoms with E-state index < -0.39 is 5.92 Å². The van der Waals surface area contributed by atoms with Crippen LogP contribution >= 0.6 is 0 Å². The molecule has 82 valence electrons. The smallest absolute Gasteiger partial charge is 0.305 e. The van der Waals surface area contributed by atoms with Gasteiger partial charge < -0.3 is 10.1 Å². The first kappa shape index (κ1) is 11.4. The van der Waals surface area contributed by atoms with Gasteiger partial charge in [-0.05, 0) is 13.3 Å². The van der Waals surface area contributed by atoms with Crippen molar-refractivity contribution in [3.8, 4) is 0 Å². The number of carbonyl (C=O) groups excluding carboxylic acids is 1. The minimum absolute atomic E-state index is 0.174. The Labute approximate surface area is 81.8 Å². The van der Waals surface area contributed by atoms with E-state index in [-0.39, 0.29) is 31.4 Å². The van der Waals surface area contributed by atoms with Crippen molar-refractivity contribution in [3.63, 3.8) is 0 Å². The Balaban J connectivity index is 2.17. The van der Waals surface area contributed by atoms with Crippen LogP contribution < -0.4 is 5.32 Å². The van der Waals surface area contributed by atoms with Gasteiger partial charge in [0.2, 0.25) is 0 Å². The number of carbonyl (C=O) groups is 1. The van der Waals surface area contributed by atoms with Crippen LogP contribution in [0.1, 0.15) is 26.2 Å². The number of hydrogen-bond acceptors (Lipinski definition) is 3. The molecule has 1 aliphatic heterocycles. The van der Waals surface area contributed by atoms with Crippen molar-refractivity contribution in [2.45, 2.75) is 38.2 Å². The molecule has 1 fully saturated rings. The molecule has 0 aliphatic carbocycles. The molecule has 1 heterocycles. The van der Waals surface area contributed by atoms with Crippen molar-refractivity contribution in [1.29, 1.82) is 0 Å². The molecule has 1 atom stereocenters. The maximum absolute atomic E-state index is 12.7. The van der Waals surface area contributed by atoms with Gasteiger partial charge in [0.05, 0.1) is 13.2 Å². The first-order chi connectivity index (χ1) is 6.53. The van der Waals surface area contributed by atoms with Gasteiger partial charge in [-0.1, -0.05) is 0 Å². The van der Waals surface area contributed by atoms with Crippen LogP contribution in [-0.4, -0.2) is 31.1 Å². The van der Waals surface area contributed by atoms with E-state index in [1.54, 1.807) is 6.92 Å².